The summed E-state index contributed by atoms with van der Waals surface area (Å²) < 4.78 is 7.62. The number of aliphatic hydroxyl groups is 1. The predicted molar refractivity (Wildman–Crippen MR) is 69.5 cm³/mol. The maximum atomic E-state index is 9.37. The van der Waals surface area contributed by atoms with Crippen molar-refractivity contribution in [2.24, 2.45) is 0 Å². The first-order valence-corrected chi connectivity index (χ1v) is 6.47. The topological polar surface area (TPSA) is 60.2 Å². The number of aliphatic hydroxyl groups excluding tert-OH is 1. The molecule has 1 saturated carbocycles. The molecule has 2 aromatic rings. The van der Waals surface area contributed by atoms with Crippen LogP contribution in [0.5, 0.6) is 0 Å². The highest BCUT2D eigenvalue weighted by molar-refractivity contribution is 5.24. The van der Waals surface area contributed by atoms with Crippen LogP contribution in [0.1, 0.15) is 42.2 Å². The highest BCUT2D eigenvalue weighted by Gasteiger charge is 2.32. The normalized spacial score (nSPS) is 16.5. The van der Waals surface area contributed by atoms with E-state index in [0.717, 1.165) is 24.2 Å². The third-order valence-electron chi connectivity index (χ3n) is 3.42. The van der Waals surface area contributed by atoms with Crippen molar-refractivity contribution in [2.45, 2.75) is 31.6 Å². The van der Waals surface area contributed by atoms with Gasteiger partial charge in [0.15, 0.2) is 11.6 Å². The zero-order chi connectivity index (χ0) is 13.2. The third-order valence-corrected chi connectivity index (χ3v) is 3.42. The molecule has 1 heterocycles. The van der Waals surface area contributed by atoms with Gasteiger partial charge in [-0.3, -0.25) is 0 Å². The highest BCUT2D eigenvalue weighted by Crippen LogP contribution is 2.39. The molecule has 0 amide bonds. The molecule has 0 aliphatic heterocycles. The molecule has 3 rings (SSSR count). The summed E-state index contributed by atoms with van der Waals surface area (Å²) in [7, 11) is 1.67. The molecule has 1 unspecified atom stereocenters. The summed E-state index contributed by atoms with van der Waals surface area (Å²) in [6.45, 7) is -0.0886. The number of methoxy groups -OCH3 is 1. The summed E-state index contributed by atoms with van der Waals surface area (Å²) >= 11 is 0. The summed E-state index contributed by atoms with van der Waals surface area (Å²) in [5, 5.41) is 17.7. The van der Waals surface area contributed by atoms with E-state index in [0.29, 0.717) is 11.9 Å². The second-order valence-electron chi connectivity index (χ2n) is 4.76. The highest BCUT2D eigenvalue weighted by atomic mass is 16.5. The van der Waals surface area contributed by atoms with Gasteiger partial charge in [-0.1, -0.05) is 30.3 Å². The Balaban J connectivity index is 2.02. The molecule has 0 bridgehead atoms. The zero-order valence-corrected chi connectivity index (χ0v) is 10.9. The molecule has 19 heavy (non-hydrogen) atoms. The Bertz CT molecular complexity index is 549. The van der Waals surface area contributed by atoms with Crippen LogP contribution in [-0.2, 0) is 11.3 Å². The summed E-state index contributed by atoms with van der Waals surface area (Å²) in [6.07, 6.45) is 1.99. The largest absolute Gasteiger partial charge is 0.388 e. The quantitative estimate of drug-likeness (QED) is 0.890. The number of rotatable bonds is 5. The molecular formula is C14H17N3O2. The first kappa shape index (κ1) is 12.3. The van der Waals surface area contributed by atoms with E-state index in [2.05, 4.69) is 10.2 Å². The molecule has 0 saturated heterocycles. The van der Waals surface area contributed by atoms with Gasteiger partial charge in [0.2, 0.25) is 0 Å². The summed E-state index contributed by atoms with van der Waals surface area (Å²) in [4.78, 5) is 0. The lowest BCUT2D eigenvalue weighted by atomic mass is 10.1. The molecule has 5 heteroatoms. The van der Waals surface area contributed by atoms with Crippen molar-refractivity contribution < 1.29 is 9.84 Å². The van der Waals surface area contributed by atoms with Crippen molar-refractivity contribution >= 4 is 0 Å². The Morgan fingerprint density at radius 3 is 2.63 bits per heavy atom. The standard InChI is InChI=1S/C14H17N3O2/c1-19-13(10-5-3-2-4-6-10)14-16-15-12(9-18)17(14)11-7-8-11/h2-6,11,13,18H,7-9H2,1H3. The van der Waals surface area contributed by atoms with E-state index in [-0.39, 0.29) is 12.7 Å². The summed E-state index contributed by atoms with van der Waals surface area (Å²) in [5.74, 6) is 1.40. The SMILES string of the molecule is COC(c1ccccc1)c1nnc(CO)n1C1CC1. The lowest BCUT2D eigenvalue weighted by Crippen LogP contribution is -2.13. The number of nitrogens with zero attached hydrogens (tertiary/aromatic N) is 3. The van der Waals surface area contributed by atoms with E-state index >= 15 is 0 Å². The lowest BCUT2D eigenvalue weighted by molar-refractivity contribution is 0.124. The molecule has 0 radical (unpaired) electrons. The summed E-state index contributed by atoms with van der Waals surface area (Å²) in [6, 6.07) is 10.4. The van der Waals surface area contributed by atoms with E-state index in [1.54, 1.807) is 7.11 Å². The Hall–Kier alpha value is -1.72. The monoisotopic (exact) mass is 259 g/mol. The van der Waals surface area contributed by atoms with E-state index in [9.17, 15) is 5.11 Å². The average Bonchev–Trinajstić information content (AvgIpc) is 3.21. The van der Waals surface area contributed by atoms with Crippen LogP contribution >= 0.6 is 0 Å². The molecule has 1 atom stereocenters. The first-order chi connectivity index (χ1) is 9.35. The van der Waals surface area contributed by atoms with Crippen molar-refractivity contribution in [3.8, 4) is 0 Å². The van der Waals surface area contributed by atoms with Crippen LogP contribution in [0.2, 0.25) is 0 Å². The smallest absolute Gasteiger partial charge is 0.167 e. The number of ether oxygens (including phenoxy) is 1. The zero-order valence-electron chi connectivity index (χ0n) is 10.9. The number of aromatic nitrogens is 3. The molecule has 1 aliphatic rings. The van der Waals surface area contributed by atoms with Crippen LogP contribution in [0, 0.1) is 0 Å². The van der Waals surface area contributed by atoms with Crippen molar-refractivity contribution in [1.82, 2.24) is 14.8 Å². The molecule has 1 aliphatic carbocycles. The fourth-order valence-electron chi connectivity index (χ4n) is 2.37. The molecule has 1 N–H and O–H groups in total. The predicted octanol–water partition coefficient (Wildman–Crippen LogP) is 1.84. The van der Waals surface area contributed by atoms with E-state index < -0.39 is 0 Å². The maximum Gasteiger partial charge on any atom is 0.167 e. The molecule has 1 aromatic heterocycles. The van der Waals surface area contributed by atoms with Gasteiger partial charge in [0.25, 0.3) is 0 Å². The van der Waals surface area contributed by atoms with Crippen LogP contribution in [0.4, 0.5) is 0 Å². The van der Waals surface area contributed by atoms with Crippen LogP contribution < -0.4 is 0 Å². The second kappa shape index (κ2) is 5.11. The molecule has 5 nitrogen and oxygen atoms in total. The molecular weight excluding hydrogens is 242 g/mol. The number of hydrogen-bond donors (Lipinski definition) is 1. The van der Waals surface area contributed by atoms with E-state index in [4.69, 9.17) is 4.74 Å². The van der Waals surface area contributed by atoms with Crippen molar-refractivity contribution in [1.29, 1.82) is 0 Å². The summed E-state index contributed by atoms with van der Waals surface area (Å²) in [5.41, 5.74) is 1.05. The van der Waals surface area contributed by atoms with Gasteiger partial charge in [-0.15, -0.1) is 10.2 Å². The Labute approximate surface area is 111 Å². The molecule has 1 aromatic carbocycles. The van der Waals surface area contributed by atoms with Gasteiger partial charge in [-0.25, -0.2) is 0 Å². The minimum absolute atomic E-state index is 0.0886. The molecule has 1 fully saturated rings. The second-order valence-corrected chi connectivity index (χ2v) is 4.76. The average molecular weight is 259 g/mol. The van der Waals surface area contributed by atoms with Gasteiger partial charge < -0.3 is 14.4 Å². The van der Waals surface area contributed by atoms with Gasteiger partial charge in [-0.2, -0.15) is 0 Å². The van der Waals surface area contributed by atoms with E-state index in [1.165, 1.54) is 0 Å². The third kappa shape index (κ3) is 2.27. The van der Waals surface area contributed by atoms with Gasteiger partial charge >= 0.3 is 0 Å². The van der Waals surface area contributed by atoms with Crippen LogP contribution in [-0.4, -0.2) is 27.0 Å². The Morgan fingerprint density at radius 2 is 2.05 bits per heavy atom. The first-order valence-electron chi connectivity index (χ1n) is 6.47. The Kier molecular flexibility index (Phi) is 3.31. The van der Waals surface area contributed by atoms with Gasteiger partial charge in [0.05, 0.1) is 0 Å². The van der Waals surface area contributed by atoms with Gasteiger partial charge in [0.1, 0.15) is 12.7 Å². The van der Waals surface area contributed by atoms with Crippen LogP contribution in [0.3, 0.4) is 0 Å². The lowest BCUT2D eigenvalue weighted by Gasteiger charge is -2.17. The molecule has 0 spiro atoms. The van der Waals surface area contributed by atoms with Crippen LogP contribution in [0.25, 0.3) is 0 Å². The fourth-order valence-corrected chi connectivity index (χ4v) is 2.37. The molecule has 100 valence electrons. The minimum Gasteiger partial charge on any atom is -0.388 e. The number of hydrogen-bond acceptors (Lipinski definition) is 4. The van der Waals surface area contributed by atoms with Crippen molar-refractivity contribution in [3.05, 3.63) is 47.5 Å². The van der Waals surface area contributed by atoms with Gasteiger partial charge in [0, 0.05) is 13.2 Å². The van der Waals surface area contributed by atoms with Crippen molar-refractivity contribution in [2.75, 3.05) is 7.11 Å². The van der Waals surface area contributed by atoms with E-state index in [1.807, 2.05) is 34.9 Å². The fraction of sp³-hybridized carbons (Fsp3) is 0.429. The Morgan fingerprint density at radius 1 is 1.32 bits per heavy atom. The van der Waals surface area contributed by atoms with Crippen molar-refractivity contribution in [3.63, 3.8) is 0 Å². The van der Waals surface area contributed by atoms with Gasteiger partial charge in [-0.05, 0) is 18.4 Å². The maximum absolute atomic E-state index is 9.37. The number of benzene rings is 1. The minimum atomic E-state index is -0.241. The van der Waals surface area contributed by atoms with Crippen LogP contribution in [0.15, 0.2) is 30.3 Å².